The van der Waals surface area contributed by atoms with Crippen molar-refractivity contribution in [2.24, 2.45) is 5.41 Å². The SMILES string of the molecule is CC(C)OC(=O)NC1CCN(C(=O)c2cc(N[C@H](C)C(C)(C)C)nc(-c3cnn4ccsc34)n2)CC1. The molecule has 2 amide bonds. The number of amides is 2. The average molecular weight is 514 g/mol. The van der Waals surface area contributed by atoms with Crippen molar-refractivity contribution < 1.29 is 14.3 Å². The Morgan fingerprint density at radius 2 is 1.89 bits per heavy atom. The summed E-state index contributed by atoms with van der Waals surface area (Å²) in [4.78, 5) is 37.6. The van der Waals surface area contributed by atoms with Crippen molar-refractivity contribution >= 4 is 34.0 Å². The van der Waals surface area contributed by atoms with Gasteiger partial charge in [0.2, 0.25) is 0 Å². The molecule has 3 aromatic rings. The van der Waals surface area contributed by atoms with Gasteiger partial charge in [0.1, 0.15) is 16.3 Å². The second-order valence-electron chi connectivity index (χ2n) is 10.6. The molecule has 0 saturated carbocycles. The fraction of sp³-hybridized carbons (Fsp3) is 0.560. The second-order valence-corrected chi connectivity index (χ2v) is 11.5. The molecule has 3 aromatic heterocycles. The summed E-state index contributed by atoms with van der Waals surface area (Å²) in [7, 11) is 0. The zero-order valence-electron chi connectivity index (χ0n) is 21.7. The maximum absolute atomic E-state index is 13.5. The third-order valence-electron chi connectivity index (χ3n) is 6.43. The third kappa shape index (κ3) is 5.95. The summed E-state index contributed by atoms with van der Waals surface area (Å²) in [6.07, 6.45) is 4.34. The van der Waals surface area contributed by atoms with E-state index in [1.165, 1.54) is 0 Å². The number of thiazole rings is 1. The van der Waals surface area contributed by atoms with Crippen LogP contribution in [0, 0.1) is 5.41 Å². The number of fused-ring (bicyclic) bond motifs is 1. The summed E-state index contributed by atoms with van der Waals surface area (Å²) >= 11 is 1.55. The molecule has 10 nitrogen and oxygen atoms in total. The lowest BCUT2D eigenvalue weighted by molar-refractivity contribution is 0.0690. The Kier molecular flexibility index (Phi) is 7.49. The minimum atomic E-state index is -0.417. The van der Waals surface area contributed by atoms with Crippen molar-refractivity contribution in [2.75, 3.05) is 18.4 Å². The van der Waals surface area contributed by atoms with Gasteiger partial charge in [-0.25, -0.2) is 19.3 Å². The molecule has 36 heavy (non-hydrogen) atoms. The molecule has 1 fully saturated rings. The van der Waals surface area contributed by atoms with Crippen LogP contribution < -0.4 is 10.6 Å². The number of hydrogen-bond donors (Lipinski definition) is 2. The van der Waals surface area contributed by atoms with Crippen molar-refractivity contribution in [3.63, 3.8) is 0 Å². The minimum absolute atomic E-state index is 0.000378. The molecule has 194 valence electrons. The highest BCUT2D eigenvalue weighted by molar-refractivity contribution is 7.16. The predicted octanol–water partition coefficient (Wildman–Crippen LogP) is 4.44. The number of aromatic nitrogens is 4. The third-order valence-corrected chi connectivity index (χ3v) is 7.32. The van der Waals surface area contributed by atoms with E-state index in [9.17, 15) is 9.59 Å². The summed E-state index contributed by atoms with van der Waals surface area (Å²) in [5, 5.41) is 12.7. The monoisotopic (exact) mass is 513 g/mol. The Labute approximate surface area is 215 Å². The molecule has 11 heteroatoms. The van der Waals surface area contributed by atoms with Crippen molar-refractivity contribution in [3.8, 4) is 11.4 Å². The van der Waals surface area contributed by atoms with E-state index < -0.39 is 6.09 Å². The summed E-state index contributed by atoms with van der Waals surface area (Å²) in [5.74, 6) is 0.924. The van der Waals surface area contributed by atoms with Gasteiger partial charge < -0.3 is 20.3 Å². The van der Waals surface area contributed by atoms with Gasteiger partial charge in [0, 0.05) is 42.8 Å². The number of piperidine rings is 1. The quantitative estimate of drug-likeness (QED) is 0.501. The Bertz CT molecular complexity index is 1220. The highest BCUT2D eigenvalue weighted by Crippen LogP contribution is 2.28. The number of carbonyl (C=O) groups is 2. The van der Waals surface area contributed by atoms with E-state index in [4.69, 9.17) is 9.72 Å². The van der Waals surface area contributed by atoms with E-state index in [2.05, 4.69) is 48.4 Å². The first-order valence-corrected chi connectivity index (χ1v) is 13.2. The molecule has 1 saturated heterocycles. The lowest BCUT2D eigenvalue weighted by Crippen LogP contribution is -2.47. The molecule has 1 atom stereocenters. The maximum Gasteiger partial charge on any atom is 0.407 e. The summed E-state index contributed by atoms with van der Waals surface area (Å²) in [5.41, 5.74) is 1.13. The number of nitrogens with zero attached hydrogens (tertiary/aromatic N) is 5. The number of alkyl carbamates (subject to hydrolysis) is 1. The van der Waals surface area contributed by atoms with Gasteiger partial charge in [0.25, 0.3) is 5.91 Å². The van der Waals surface area contributed by atoms with Crippen LogP contribution in [0.3, 0.4) is 0 Å². The van der Waals surface area contributed by atoms with Crippen LogP contribution in [0.4, 0.5) is 10.6 Å². The van der Waals surface area contributed by atoms with E-state index in [1.807, 2.05) is 25.4 Å². The largest absolute Gasteiger partial charge is 0.447 e. The first-order chi connectivity index (χ1) is 17.0. The summed E-state index contributed by atoms with van der Waals surface area (Å²) in [6, 6.07) is 1.82. The Morgan fingerprint density at radius 1 is 1.17 bits per heavy atom. The highest BCUT2D eigenvalue weighted by atomic mass is 32.1. The molecule has 0 spiro atoms. The van der Waals surface area contributed by atoms with Crippen LogP contribution >= 0.6 is 11.3 Å². The number of carbonyl (C=O) groups excluding carboxylic acids is 2. The molecule has 0 radical (unpaired) electrons. The molecule has 0 bridgehead atoms. The number of anilines is 1. The van der Waals surface area contributed by atoms with Gasteiger partial charge in [-0.1, -0.05) is 20.8 Å². The lowest BCUT2D eigenvalue weighted by Gasteiger charge is -2.32. The van der Waals surface area contributed by atoms with Crippen molar-refractivity contribution in [2.45, 2.75) is 72.6 Å². The molecule has 4 heterocycles. The molecule has 2 N–H and O–H groups in total. The lowest BCUT2D eigenvalue weighted by atomic mass is 9.88. The fourth-order valence-electron chi connectivity index (χ4n) is 3.87. The van der Waals surface area contributed by atoms with E-state index in [0.29, 0.717) is 43.3 Å². The molecule has 4 rings (SSSR count). The fourth-order valence-corrected chi connectivity index (χ4v) is 4.67. The summed E-state index contributed by atoms with van der Waals surface area (Å²) in [6.45, 7) is 13.2. The van der Waals surface area contributed by atoms with Gasteiger partial charge in [-0.05, 0) is 39.0 Å². The summed E-state index contributed by atoms with van der Waals surface area (Å²) < 4.78 is 6.96. The van der Waals surface area contributed by atoms with Crippen LogP contribution in [0.5, 0.6) is 0 Å². The predicted molar refractivity (Wildman–Crippen MR) is 140 cm³/mol. The molecule has 0 aliphatic carbocycles. The topological polar surface area (TPSA) is 114 Å². The second kappa shape index (κ2) is 10.4. The average Bonchev–Trinajstić information content (AvgIpc) is 3.42. The van der Waals surface area contributed by atoms with Crippen LogP contribution in [-0.2, 0) is 4.74 Å². The molecule has 0 aromatic carbocycles. The zero-order chi connectivity index (χ0) is 26.0. The Morgan fingerprint density at radius 3 is 2.56 bits per heavy atom. The number of hydrogen-bond acceptors (Lipinski definition) is 8. The molecular formula is C25H35N7O3S. The normalized spacial score (nSPS) is 15.8. The van der Waals surface area contributed by atoms with Gasteiger partial charge in [-0.15, -0.1) is 11.3 Å². The Balaban J connectivity index is 1.55. The Hall–Kier alpha value is -3.21. The van der Waals surface area contributed by atoms with Gasteiger partial charge in [0.15, 0.2) is 5.82 Å². The van der Waals surface area contributed by atoms with Crippen molar-refractivity contribution in [1.29, 1.82) is 0 Å². The first kappa shape index (κ1) is 25.9. The number of ether oxygens (including phenoxy) is 1. The van der Waals surface area contributed by atoms with E-state index in [0.717, 1.165) is 10.4 Å². The molecule has 1 aliphatic rings. The van der Waals surface area contributed by atoms with Gasteiger partial charge in [-0.3, -0.25) is 4.79 Å². The number of rotatable bonds is 6. The standard InChI is InChI=1S/C25H35N7O3S/c1-15(2)35-24(34)28-17-7-9-31(10-8-17)22(33)19-13-20(27-16(3)25(4,5)6)30-21(29-19)18-14-26-32-11-12-36-23(18)32/h11-17H,7-10H2,1-6H3,(H,28,34)(H,27,29,30)/t16-/m1/s1. The van der Waals surface area contributed by atoms with Crippen LogP contribution in [-0.4, -0.2) is 67.8 Å². The van der Waals surface area contributed by atoms with Crippen LogP contribution in [0.15, 0.2) is 23.8 Å². The first-order valence-electron chi connectivity index (χ1n) is 12.3. The van der Waals surface area contributed by atoms with Crippen molar-refractivity contribution in [1.82, 2.24) is 29.8 Å². The highest BCUT2D eigenvalue weighted by Gasteiger charge is 2.28. The van der Waals surface area contributed by atoms with Crippen LogP contribution in [0.1, 0.15) is 64.9 Å². The minimum Gasteiger partial charge on any atom is -0.447 e. The number of nitrogens with one attached hydrogen (secondary N) is 2. The van der Waals surface area contributed by atoms with Gasteiger partial charge >= 0.3 is 6.09 Å². The maximum atomic E-state index is 13.5. The van der Waals surface area contributed by atoms with E-state index in [-0.39, 0.29) is 29.5 Å². The van der Waals surface area contributed by atoms with Crippen LogP contribution in [0.2, 0.25) is 0 Å². The number of likely N-dealkylation sites (tertiary alicyclic amines) is 1. The zero-order valence-corrected chi connectivity index (χ0v) is 22.6. The van der Waals surface area contributed by atoms with Gasteiger partial charge in [-0.2, -0.15) is 5.10 Å². The van der Waals surface area contributed by atoms with Gasteiger partial charge in [0.05, 0.1) is 17.9 Å². The van der Waals surface area contributed by atoms with Crippen LogP contribution in [0.25, 0.3) is 16.2 Å². The molecule has 1 aliphatic heterocycles. The smallest absolute Gasteiger partial charge is 0.407 e. The molecule has 0 unspecified atom stereocenters. The van der Waals surface area contributed by atoms with E-state index >= 15 is 0 Å². The van der Waals surface area contributed by atoms with E-state index in [1.54, 1.807) is 33.0 Å². The van der Waals surface area contributed by atoms with Crippen molar-refractivity contribution in [3.05, 3.63) is 29.5 Å². The molecular weight excluding hydrogens is 478 g/mol.